The zero-order valence-corrected chi connectivity index (χ0v) is 5.83. The van der Waals surface area contributed by atoms with E-state index in [1.165, 1.54) is 0 Å². The zero-order chi connectivity index (χ0) is 0. The average molecular weight is 170 g/mol. The van der Waals surface area contributed by atoms with Crippen LogP contribution in [0.25, 0.3) is 0 Å². The molecule has 25 valence electrons. The van der Waals surface area contributed by atoms with Crippen molar-refractivity contribution < 1.29 is 33.9 Å². The van der Waals surface area contributed by atoms with Crippen LogP contribution in [0.4, 0.5) is 0 Å². The fraction of sp³-hybridized carbons (Fsp3) is 0. The second-order valence-corrected chi connectivity index (χ2v) is 0. The smallest absolute Gasteiger partial charge is 0 e. The first kappa shape index (κ1) is 44.3. The molecule has 0 spiro atoms. The van der Waals surface area contributed by atoms with E-state index in [1.807, 2.05) is 0 Å². The van der Waals surface area contributed by atoms with Crippen molar-refractivity contribution in [2.75, 3.05) is 0 Å². The van der Waals surface area contributed by atoms with Crippen LogP contribution >= 0.6 is 9.90 Å². The van der Waals surface area contributed by atoms with Gasteiger partial charge in [-0.25, -0.2) is 0 Å². The predicted octanol–water partition coefficient (Wildman–Crippen LogP) is 0.475. The first-order valence-corrected chi connectivity index (χ1v) is 0. The topological polar surface area (TPSA) is 0 Å². The van der Waals surface area contributed by atoms with Crippen molar-refractivity contribution in [3.05, 3.63) is 0 Å². The van der Waals surface area contributed by atoms with Crippen molar-refractivity contribution >= 4 is 20.9 Å². The fourth-order valence-electron chi connectivity index (χ4n) is 0. The van der Waals surface area contributed by atoms with Gasteiger partial charge in [-0.15, -0.1) is 0 Å². The molecule has 0 unspecified atom stereocenters. The molecule has 0 atom stereocenters. The molecule has 0 N–H and O–H groups in total. The summed E-state index contributed by atoms with van der Waals surface area (Å²) in [5.41, 5.74) is 0. The van der Waals surface area contributed by atoms with Crippen molar-refractivity contribution in [2.45, 2.75) is 0 Å². The Morgan fingerprint density at radius 2 is 1.00 bits per heavy atom. The molecule has 0 aromatic rings. The molecule has 0 aliphatic heterocycles. The molecule has 4 heteroatoms. The van der Waals surface area contributed by atoms with E-state index < -0.39 is 0 Å². The van der Waals surface area contributed by atoms with Gasteiger partial charge in [-0.1, -0.05) is 0 Å². The van der Waals surface area contributed by atoms with E-state index in [-0.39, 0.29) is 54.7 Å². The van der Waals surface area contributed by atoms with Gasteiger partial charge in [0.25, 0.3) is 0 Å². The van der Waals surface area contributed by atoms with Crippen molar-refractivity contribution in [3.8, 4) is 0 Å². The minimum Gasteiger partial charge on any atom is 0 e. The summed E-state index contributed by atoms with van der Waals surface area (Å²) >= 11 is 0. The van der Waals surface area contributed by atoms with Crippen LogP contribution in [0.2, 0.25) is 0 Å². The summed E-state index contributed by atoms with van der Waals surface area (Å²) in [4.78, 5) is 0. The van der Waals surface area contributed by atoms with Crippen LogP contribution in [0.3, 0.4) is 0 Å². The molecule has 0 rings (SSSR count). The van der Waals surface area contributed by atoms with Crippen LogP contribution in [0, 0.1) is 0 Å². The molecule has 0 nitrogen and oxygen atoms in total. The quantitative estimate of drug-likeness (QED) is 0.366. The average Bonchev–Trinajstić information content (AvgIpc) is 0. The van der Waals surface area contributed by atoms with E-state index in [2.05, 4.69) is 0 Å². The molecular formula is CrNiPSi. The predicted molar refractivity (Wildman–Crippen MR) is 12.7 cm³/mol. The van der Waals surface area contributed by atoms with Gasteiger partial charge in [0.15, 0.2) is 0 Å². The first-order valence-electron chi connectivity index (χ1n) is 0. The van der Waals surface area contributed by atoms with Crippen LogP contribution in [0.1, 0.15) is 0 Å². The van der Waals surface area contributed by atoms with Gasteiger partial charge < -0.3 is 0 Å². The molecule has 0 saturated heterocycles. The monoisotopic (exact) mass is 169 g/mol. The van der Waals surface area contributed by atoms with E-state index in [4.69, 9.17) is 0 Å². The Kier molecular flexibility index (Phi) is 249. The van der Waals surface area contributed by atoms with Gasteiger partial charge in [0, 0.05) is 54.7 Å². The molecule has 7 radical (unpaired) electrons. The molecule has 0 bridgehead atoms. The van der Waals surface area contributed by atoms with Crippen molar-refractivity contribution in [1.29, 1.82) is 0 Å². The second kappa shape index (κ2) is 22.5. The van der Waals surface area contributed by atoms with E-state index in [0.29, 0.717) is 0 Å². The second-order valence-electron chi connectivity index (χ2n) is 0. The zero-order valence-electron chi connectivity index (χ0n) is 1.67. The number of rotatable bonds is 0. The largest absolute Gasteiger partial charge is 0 e. The fourth-order valence-corrected chi connectivity index (χ4v) is 0. The maximum absolute atomic E-state index is 0. The molecule has 0 amide bonds. The van der Waals surface area contributed by atoms with Crippen LogP contribution in [-0.2, 0) is 33.9 Å². The third-order valence-corrected chi connectivity index (χ3v) is 0. The third kappa shape index (κ3) is 9.38. The van der Waals surface area contributed by atoms with E-state index in [9.17, 15) is 0 Å². The first-order chi connectivity index (χ1) is 0. The van der Waals surface area contributed by atoms with Gasteiger partial charge in [-0.2, -0.15) is 0 Å². The molecule has 0 aromatic heterocycles. The summed E-state index contributed by atoms with van der Waals surface area (Å²) in [6.07, 6.45) is 0. The minimum atomic E-state index is 0. The summed E-state index contributed by atoms with van der Waals surface area (Å²) in [6.45, 7) is 0. The van der Waals surface area contributed by atoms with Gasteiger partial charge in [0.05, 0.1) is 0 Å². The Morgan fingerprint density at radius 3 is 1.00 bits per heavy atom. The molecule has 0 saturated carbocycles. The van der Waals surface area contributed by atoms with Gasteiger partial charge >= 0.3 is 0 Å². The summed E-state index contributed by atoms with van der Waals surface area (Å²) in [5, 5.41) is 0. The molecule has 0 heterocycles. The Hall–Kier alpha value is 1.67. The number of hydrogen-bond donors (Lipinski definition) is 0. The summed E-state index contributed by atoms with van der Waals surface area (Å²) in [6, 6.07) is 0. The van der Waals surface area contributed by atoms with E-state index >= 15 is 0 Å². The molecule has 0 fully saturated rings. The van der Waals surface area contributed by atoms with Crippen LogP contribution in [-0.4, -0.2) is 11.0 Å². The van der Waals surface area contributed by atoms with Gasteiger partial charge in [0.2, 0.25) is 0 Å². The molecule has 0 aromatic carbocycles. The van der Waals surface area contributed by atoms with Gasteiger partial charge in [0.1, 0.15) is 0 Å². The maximum atomic E-state index is 0. The van der Waals surface area contributed by atoms with Crippen LogP contribution in [0.5, 0.6) is 0 Å². The van der Waals surface area contributed by atoms with Crippen LogP contribution < -0.4 is 0 Å². The molecule has 4 heavy (non-hydrogen) atoms. The Bertz CT molecular complexity index is 8.00. The summed E-state index contributed by atoms with van der Waals surface area (Å²) in [5.74, 6) is 0. The maximum Gasteiger partial charge on any atom is 0 e. The Labute approximate surface area is 54.8 Å². The molecule has 0 aliphatic rings. The molecular weight excluding hydrogens is 170 g/mol. The van der Waals surface area contributed by atoms with Gasteiger partial charge in [-0.05, 0) is 0 Å². The van der Waals surface area contributed by atoms with E-state index in [0.717, 1.165) is 0 Å². The van der Waals surface area contributed by atoms with Crippen molar-refractivity contribution in [2.24, 2.45) is 0 Å². The summed E-state index contributed by atoms with van der Waals surface area (Å²) in [7, 11) is 0. The van der Waals surface area contributed by atoms with Crippen molar-refractivity contribution in [1.82, 2.24) is 0 Å². The van der Waals surface area contributed by atoms with E-state index in [1.54, 1.807) is 0 Å². The van der Waals surface area contributed by atoms with Crippen LogP contribution in [0.15, 0.2) is 0 Å². The van der Waals surface area contributed by atoms with Gasteiger partial charge in [-0.3, -0.25) is 0 Å². The summed E-state index contributed by atoms with van der Waals surface area (Å²) < 4.78 is 0. The normalized spacial score (nSPS) is 0. The standard InChI is InChI=1S/Cr.Ni.P.Si. The SMILES string of the molecule is [Cr].[Ni].[P].[Si]. The number of hydrogen-bond acceptors (Lipinski definition) is 0. The Balaban J connectivity index is 0. The third-order valence-electron chi connectivity index (χ3n) is 0. The minimum absolute atomic E-state index is 0. The van der Waals surface area contributed by atoms with Crippen molar-refractivity contribution in [3.63, 3.8) is 0 Å². The molecule has 0 aliphatic carbocycles. The Morgan fingerprint density at radius 1 is 1.00 bits per heavy atom.